The van der Waals surface area contributed by atoms with Gasteiger partial charge >= 0.3 is 0 Å². The molecule has 0 bridgehead atoms. The predicted molar refractivity (Wildman–Crippen MR) is 109 cm³/mol. The Balaban J connectivity index is 1.51. The van der Waals surface area contributed by atoms with E-state index < -0.39 is 0 Å². The Hall–Kier alpha value is -2.62. The zero-order valence-electron chi connectivity index (χ0n) is 15.5. The molecule has 0 unspecified atom stereocenters. The van der Waals surface area contributed by atoms with Gasteiger partial charge in [-0.3, -0.25) is 0 Å². The molecule has 138 valence electrons. The molecule has 0 amide bonds. The van der Waals surface area contributed by atoms with Gasteiger partial charge in [-0.15, -0.1) is 0 Å². The first-order chi connectivity index (χ1) is 13.4. The van der Waals surface area contributed by atoms with Gasteiger partial charge in [-0.05, 0) is 28.8 Å². The summed E-state index contributed by atoms with van der Waals surface area (Å²) in [4.78, 5) is 2.41. The molecule has 0 aliphatic carbocycles. The molecule has 1 saturated heterocycles. The predicted octanol–water partition coefficient (Wildman–Crippen LogP) is 4.81. The van der Waals surface area contributed by atoms with Crippen LogP contribution in [0.15, 0.2) is 84.9 Å². The van der Waals surface area contributed by atoms with Gasteiger partial charge < -0.3 is 14.4 Å². The fraction of sp³-hybridized carbons (Fsp3) is 0.250. The zero-order chi connectivity index (χ0) is 18.3. The van der Waals surface area contributed by atoms with Gasteiger partial charge in [-0.1, -0.05) is 72.8 Å². The number of hydrogen-bond acceptors (Lipinski definition) is 3. The summed E-state index contributed by atoms with van der Waals surface area (Å²) in [7, 11) is 0. The van der Waals surface area contributed by atoms with Crippen LogP contribution in [0.1, 0.15) is 16.7 Å². The number of ether oxygens (including phenoxy) is 2. The summed E-state index contributed by atoms with van der Waals surface area (Å²) in [6.07, 6.45) is 0.707. The maximum atomic E-state index is 5.56. The van der Waals surface area contributed by atoms with Gasteiger partial charge in [-0.25, -0.2) is 0 Å². The van der Waals surface area contributed by atoms with E-state index in [9.17, 15) is 0 Å². The quantitative estimate of drug-likeness (QED) is 0.604. The van der Waals surface area contributed by atoms with Crippen molar-refractivity contribution in [1.29, 1.82) is 0 Å². The molecular weight excluding hydrogens is 334 g/mol. The molecule has 0 atom stereocenters. The Labute approximate surface area is 161 Å². The van der Waals surface area contributed by atoms with Gasteiger partial charge in [-0.2, -0.15) is 0 Å². The Bertz CT molecular complexity index is 771. The molecule has 3 aromatic rings. The molecule has 0 aromatic heterocycles. The molecule has 1 aliphatic heterocycles. The monoisotopic (exact) mass is 359 g/mol. The van der Waals surface area contributed by atoms with Crippen LogP contribution in [0.2, 0.25) is 0 Å². The smallest absolute Gasteiger partial charge is 0.161 e. The molecule has 3 heteroatoms. The molecule has 1 heterocycles. The van der Waals surface area contributed by atoms with Gasteiger partial charge in [0.2, 0.25) is 0 Å². The lowest BCUT2D eigenvalue weighted by molar-refractivity contribution is -0.0399. The first-order valence-corrected chi connectivity index (χ1v) is 9.52. The number of hydrogen-bond donors (Lipinski definition) is 0. The van der Waals surface area contributed by atoms with Crippen LogP contribution in [0.3, 0.4) is 0 Å². The van der Waals surface area contributed by atoms with Crippen molar-refractivity contribution >= 4 is 5.69 Å². The van der Waals surface area contributed by atoms with E-state index in [1.807, 2.05) is 0 Å². The van der Waals surface area contributed by atoms with E-state index in [1.54, 1.807) is 0 Å². The maximum Gasteiger partial charge on any atom is 0.161 e. The lowest BCUT2D eigenvalue weighted by Gasteiger charge is -2.25. The summed E-state index contributed by atoms with van der Waals surface area (Å²) in [5, 5.41) is 0. The topological polar surface area (TPSA) is 21.7 Å². The fourth-order valence-electron chi connectivity index (χ4n) is 3.41. The maximum absolute atomic E-state index is 5.56. The standard InChI is InChI=1S/C24H25NO2/c1-3-7-21(8-4-1)18-25(19-22-9-5-2-6-10-22)23-13-11-20(12-14-23)17-24-26-15-16-27-24/h1-14,24H,15-19H2. The van der Waals surface area contributed by atoms with Crippen LogP contribution in [0.4, 0.5) is 5.69 Å². The van der Waals surface area contributed by atoms with Crippen molar-refractivity contribution in [3.8, 4) is 0 Å². The summed E-state index contributed by atoms with van der Waals surface area (Å²) >= 11 is 0. The van der Waals surface area contributed by atoms with E-state index in [0.717, 1.165) is 19.5 Å². The van der Waals surface area contributed by atoms with Crippen LogP contribution in [0.5, 0.6) is 0 Å². The lowest BCUT2D eigenvalue weighted by atomic mass is 10.1. The first kappa shape index (κ1) is 17.8. The molecule has 3 aromatic carbocycles. The minimum absolute atomic E-state index is 0.0967. The van der Waals surface area contributed by atoms with E-state index >= 15 is 0 Å². The third-order valence-electron chi connectivity index (χ3n) is 4.83. The fourth-order valence-corrected chi connectivity index (χ4v) is 3.41. The third-order valence-corrected chi connectivity index (χ3v) is 4.83. The SMILES string of the molecule is c1ccc(CN(Cc2ccccc2)c2ccc(CC3OCCO3)cc2)cc1. The van der Waals surface area contributed by atoms with E-state index in [1.165, 1.54) is 22.4 Å². The molecule has 0 spiro atoms. The van der Waals surface area contributed by atoms with Gasteiger partial charge in [0.05, 0.1) is 13.2 Å². The molecule has 3 nitrogen and oxygen atoms in total. The Morgan fingerprint density at radius 2 is 1.15 bits per heavy atom. The van der Waals surface area contributed by atoms with E-state index in [4.69, 9.17) is 9.47 Å². The number of anilines is 1. The lowest BCUT2D eigenvalue weighted by Crippen LogP contribution is -2.22. The molecular formula is C24H25NO2. The van der Waals surface area contributed by atoms with Crippen LogP contribution in [0, 0.1) is 0 Å². The molecule has 0 saturated carbocycles. The second kappa shape index (κ2) is 8.85. The number of rotatable bonds is 7. The number of benzene rings is 3. The highest BCUT2D eigenvalue weighted by Crippen LogP contribution is 2.22. The Morgan fingerprint density at radius 1 is 0.630 bits per heavy atom. The summed E-state index contributed by atoms with van der Waals surface area (Å²) in [5.41, 5.74) is 5.08. The second-order valence-electron chi connectivity index (χ2n) is 6.87. The van der Waals surface area contributed by atoms with Crippen molar-refractivity contribution in [2.24, 2.45) is 0 Å². The van der Waals surface area contributed by atoms with Crippen LogP contribution >= 0.6 is 0 Å². The largest absolute Gasteiger partial charge is 0.363 e. The summed E-state index contributed by atoms with van der Waals surface area (Å²) < 4.78 is 11.1. The van der Waals surface area contributed by atoms with E-state index in [0.29, 0.717) is 13.2 Å². The van der Waals surface area contributed by atoms with Crippen molar-refractivity contribution in [2.45, 2.75) is 25.8 Å². The van der Waals surface area contributed by atoms with Crippen LogP contribution in [-0.2, 0) is 29.0 Å². The zero-order valence-corrected chi connectivity index (χ0v) is 15.5. The normalized spacial score (nSPS) is 14.4. The van der Waals surface area contributed by atoms with Gasteiger partial charge in [0.1, 0.15) is 0 Å². The van der Waals surface area contributed by atoms with Gasteiger partial charge in [0.15, 0.2) is 6.29 Å². The van der Waals surface area contributed by atoms with E-state index in [2.05, 4.69) is 89.8 Å². The highest BCUT2D eigenvalue weighted by Gasteiger charge is 2.16. The van der Waals surface area contributed by atoms with Gasteiger partial charge in [0.25, 0.3) is 0 Å². The summed E-state index contributed by atoms with van der Waals surface area (Å²) in [6, 6.07) is 30.0. The van der Waals surface area contributed by atoms with Gasteiger partial charge in [0, 0.05) is 25.2 Å². The van der Waals surface area contributed by atoms with Crippen molar-refractivity contribution in [3.63, 3.8) is 0 Å². The summed E-state index contributed by atoms with van der Waals surface area (Å²) in [5.74, 6) is 0. The van der Waals surface area contributed by atoms with Crippen LogP contribution in [-0.4, -0.2) is 19.5 Å². The third kappa shape index (κ3) is 4.97. The first-order valence-electron chi connectivity index (χ1n) is 9.52. The minimum atomic E-state index is -0.0967. The average molecular weight is 359 g/mol. The molecule has 0 N–H and O–H groups in total. The van der Waals surface area contributed by atoms with Crippen molar-refractivity contribution < 1.29 is 9.47 Å². The second-order valence-corrected chi connectivity index (χ2v) is 6.87. The Kier molecular flexibility index (Phi) is 5.83. The summed E-state index contributed by atoms with van der Waals surface area (Å²) in [6.45, 7) is 3.16. The minimum Gasteiger partial charge on any atom is -0.363 e. The van der Waals surface area contributed by atoms with Crippen molar-refractivity contribution in [2.75, 3.05) is 18.1 Å². The highest BCUT2D eigenvalue weighted by molar-refractivity contribution is 5.49. The van der Waals surface area contributed by atoms with Crippen molar-refractivity contribution in [1.82, 2.24) is 0 Å². The molecule has 1 fully saturated rings. The Morgan fingerprint density at radius 3 is 1.67 bits per heavy atom. The number of nitrogens with zero attached hydrogens (tertiary/aromatic N) is 1. The van der Waals surface area contributed by atoms with Crippen LogP contribution in [0.25, 0.3) is 0 Å². The van der Waals surface area contributed by atoms with Crippen molar-refractivity contribution in [3.05, 3.63) is 102 Å². The van der Waals surface area contributed by atoms with Crippen LogP contribution < -0.4 is 4.90 Å². The van der Waals surface area contributed by atoms with E-state index in [-0.39, 0.29) is 6.29 Å². The average Bonchev–Trinajstić information content (AvgIpc) is 3.23. The highest BCUT2D eigenvalue weighted by atomic mass is 16.7. The molecule has 0 radical (unpaired) electrons. The molecule has 4 rings (SSSR count). The molecule has 1 aliphatic rings. The molecule has 27 heavy (non-hydrogen) atoms.